The average molecular weight is 270 g/mol. The summed E-state index contributed by atoms with van der Waals surface area (Å²) in [6, 6.07) is 0.0243. The van der Waals surface area contributed by atoms with Crippen molar-refractivity contribution in [3.05, 3.63) is 0 Å². The normalized spacial score (nSPS) is 24.2. The first-order chi connectivity index (χ1) is 8.62. The molecule has 2 amide bonds. The molecule has 1 rings (SSSR count). The molecule has 0 saturated carbocycles. The van der Waals surface area contributed by atoms with Gasteiger partial charge in [0.05, 0.1) is 0 Å². The van der Waals surface area contributed by atoms with E-state index in [1.807, 2.05) is 32.6 Å². The third kappa shape index (κ3) is 4.11. The number of carbonyl (C=O) groups excluding carboxylic acids is 1. The van der Waals surface area contributed by atoms with E-state index in [1.54, 1.807) is 0 Å². The highest BCUT2D eigenvalue weighted by Crippen LogP contribution is 2.25. The number of hydrogen-bond donors (Lipinski definition) is 1. The highest BCUT2D eigenvalue weighted by atomic mass is 16.4. The number of hydrogen-bond acceptors (Lipinski definition) is 2. The zero-order valence-corrected chi connectivity index (χ0v) is 12.6. The van der Waals surface area contributed by atoms with Crippen molar-refractivity contribution < 1.29 is 14.7 Å². The Morgan fingerprint density at radius 1 is 1.26 bits per heavy atom. The number of rotatable bonds is 2. The monoisotopic (exact) mass is 270 g/mol. The van der Waals surface area contributed by atoms with Crippen LogP contribution in [0.2, 0.25) is 0 Å². The number of urea groups is 1. The zero-order chi connectivity index (χ0) is 14.8. The molecule has 1 heterocycles. The molecule has 0 aromatic heterocycles. The Labute approximate surface area is 115 Å². The van der Waals surface area contributed by atoms with Crippen LogP contribution in [0, 0.1) is 5.92 Å². The SMILES string of the molecule is CC1CCC(C)N(C(=O)N(CC(=O)O)C(C)(C)C)C1. The van der Waals surface area contributed by atoms with Crippen molar-refractivity contribution in [2.75, 3.05) is 13.1 Å². The first-order valence-corrected chi connectivity index (χ1v) is 6.93. The van der Waals surface area contributed by atoms with Crippen LogP contribution in [0.3, 0.4) is 0 Å². The van der Waals surface area contributed by atoms with Crippen LogP contribution in [-0.2, 0) is 4.79 Å². The minimum Gasteiger partial charge on any atom is -0.480 e. The summed E-state index contributed by atoms with van der Waals surface area (Å²) in [6.07, 6.45) is 2.11. The van der Waals surface area contributed by atoms with Crippen molar-refractivity contribution in [3.63, 3.8) is 0 Å². The minimum atomic E-state index is -0.971. The lowest BCUT2D eigenvalue weighted by atomic mass is 9.95. The number of aliphatic carboxylic acids is 1. The smallest absolute Gasteiger partial charge is 0.323 e. The maximum Gasteiger partial charge on any atom is 0.323 e. The van der Waals surface area contributed by atoms with Gasteiger partial charge in [-0.1, -0.05) is 6.92 Å². The third-order valence-corrected chi connectivity index (χ3v) is 3.70. The number of carboxylic acid groups (broad SMARTS) is 1. The Kier molecular flexibility index (Phi) is 4.82. The van der Waals surface area contributed by atoms with E-state index < -0.39 is 11.5 Å². The van der Waals surface area contributed by atoms with Crippen LogP contribution in [0.25, 0.3) is 0 Å². The van der Waals surface area contributed by atoms with Gasteiger partial charge in [-0.15, -0.1) is 0 Å². The topological polar surface area (TPSA) is 60.9 Å². The molecule has 1 aliphatic heterocycles. The molecule has 1 aliphatic rings. The highest BCUT2D eigenvalue weighted by molar-refractivity contribution is 5.81. The van der Waals surface area contributed by atoms with Crippen molar-refractivity contribution in [3.8, 4) is 0 Å². The third-order valence-electron chi connectivity index (χ3n) is 3.70. The number of amides is 2. The second-order valence-electron chi connectivity index (χ2n) is 6.62. The maximum atomic E-state index is 12.6. The molecule has 2 atom stereocenters. The van der Waals surface area contributed by atoms with Gasteiger partial charge in [-0.3, -0.25) is 4.79 Å². The summed E-state index contributed by atoms with van der Waals surface area (Å²) in [4.78, 5) is 26.9. The van der Waals surface area contributed by atoms with Crippen molar-refractivity contribution in [1.29, 1.82) is 0 Å². The largest absolute Gasteiger partial charge is 0.480 e. The van der Waals surface area contributed by atoms with Crippen molar-refractivity contribution in [1.82, 2.24) is 9.80 Å². The Morgan fingerprint density at radius 2 is 1.84 bits per heavy atom. The van der Waals surface area contributed by atoms with Gasteiger partial charge < -0.3 is 14.9 Å². The molecule has 1 N–H and O–H groups in total. The van der Waals surface area contributed by atoms with Crippen LogP contribution in [-0.4, -0.2) is 51.6 Å². The molecule has 2 unspecified atom stereocenters. The molecular weight excluding hydrogens is 244 g/mol. The Morgan fingerprint density at radius 3 is 2.32 bits per heavy atom. The Balaban J connectivity index is 2.89. The van der Waals surface area contributed by atoms with Crippen molar-refractivity contribution in [2.24, 2.45) is 5.92 Å². The van der Waals surface area contributed by atoms with Gasteiger partial charge in [0.2, 0.25) is 0 Å². The summed E-state index contributed by atoms with van der Waals surface area (Å²) < 4.78 is 0. The first-order valence-electron chi connectivity index (χ1n) is 6.93. The molecule has 0 aliphatic carbocycles. The standard InChI is InChI=1S/C14H26N2O3/c1-10-6-7-11(2)15(8-10)13(19)16(9-12(17)18)14(3,4)5/h10-11H,6-9H2,1-5H3,(H,17,18). The lowest BCUT2D eigenvalue weighted by Gasteiger charge is -2.43. The van der Waals surface area contributed by atoms with Crippen LogP contribution >= 0.6 is 0 Å². The summed E-state index contributed by atoms with van der Waals surface area (Å²) >= 11 is 0. The molecule has 5 nitrogen and oxygen atoms in total. The molecule has 19 heavy (non-hydrogen) atoms. The van der Waals surface area contributed by atoms with Crippen LogP contribution in [0.1, 0.15) is 47.5 Å². The summed E-state index contributed by atoms with van der Waals surface area (Å²) in [5.41, 5.74) is -0.490. The Hall–Kier alpha value is -1.26. The van der Waals surface area contributed by atoms with Crippen molar-refractivity contribution in [2.45, 2.75) is 59.0 Å². The lowest BCUT2D eigenvalue weighted by molar-refractivity contribution is -0.138. The van der Waals surface area contributed by atoms with Gasteiger partial charge in [-0.05, 0) is 46.5 Å². The summed E-state index contributed by atoms with van der Waals surface area (Å²) in [7, 11) is 0. The summed E-state index contributed by atoms with van der Waals surface area (Å²) in [5, 5.41) is 9.00. The molecule has 0 aromatic carbocycles. The fraction of sp³-hybridized carbons (Fsp3) is 0.857. The molecule has 5 heteroatoms. The fourth-order valence-corrected chi connectivity index (χ4v) is 2.44. The zero-order valence-electron chi connectivity index (χ0n) is 12.6. The molecule has 1 fully saturated rings. The van der Waals surface area contributed by atoms with E-state index in [1.165, 1.54) is 4.90 Å². The molecule has 0 bridgehead atoms. The molecule has 110 valence electrons. The molecule has 0 aromatic rings. The van der Waals surface area contributed by atoms with Crippen LogP contribution in [0.15, 0.2) is 0 Å². The number of piperidine rings is 1. The van der Waals surface area contributed by atoms with Gasteiger partial charge in [-0.2, -0.15) is 0 Å². The number of carbonyl (C=O) groups is 2. The van der Waals surface area contributed by atoms with Gasteiger partial charge >= 0.3 is 12.0 Å². The van der Waals surface area contributed by atoms with E-state index in [9.17, 15) is 9.59 Å². The van der Waals surface area contributed by atoms with Crippen LogP contribution in [0.5, 0.6) is 0 Å². The summed E-state index contributed by atoms with van der Waals surface area (Å²) in [5.74, 6) is -0.493. The van der Waals surface area contributed by atoms with Gasteiger partial charge in [0, 0.05) is 18.1 Å². The first kappa shape index (κ1) is 15.8. The molecular formula is C14H26N2O3. The van der Waals surface area contributed by atoms with Crippen molar-refractivity contribution >= 4 is 12.0 Å². The number of nitrogens with zero attached hydrogens (tertiary/aromatic N) is 2. The van der Waals surface area contributed by atoms with E-state index in [0.717, 1.165) is 12.8 Å². The van der Waals surface area contributed by atoms with E-state index in [2.05, 4.69) is 6.92 Å². The van der Waals surface area contributed by atoms with Gasteiger partial charge in [0.15, 0.2) is 0 Å². The molecule has 1 saturated heterocycles. The molecule has 0 radical (unpaired) electrons. The van der Waals surface area contributed by atoms with E-state index in [4.69, 9.17) is 5.11 Å². The maximum absolute atomic E-state index is 12.6. The van der Waals surface area contributed by atoms with Crippen LogP contribution in [0.4, 0.5) is 4.79 Å². The van der Waals surface area contributed by atoms with E-state index in [0.29, 0.717) is 12.5 Å². The minimum absolute atomic E-state index is 0.158. The van der Waals surface area contributed by atoms with Gasteiger partial charge in [0.25, 0.3) is 0 Å². The lowest BCUT2D eigenvalue weighted by Crippen LogP contribution is -2.57. The second-order valence-corrected chi connectivity index (χ2v) is 6.62. The quantitative estimate of drug-likeness (QED) is 0.838. The predicted molar refractivity (Wildman–Crippen MR) is 74.1 cm³/mol. The summed E-state index contributed by atoms with van der Waals surface area (Å²) in [6.45, 7) is 10.2. The van der Waals surface area contributed by atoms with E-state index in [-0.39, 0.29) is 18.6 Å². The number of carboxylic acids is 1. The number of likely N-dealkylation sites (tertiary alicyclic amines) is 1. The second kappa shape index (κ2) is 5.80. The van der Waals surface area contributed by atoms with Gasteiger partial charge in [-0.25, -0.2) is 4.79 Å². The van der Waals surface area contributed by atoms with E-state index >= 15 is 0 Å². The Bertz CT molecular complexity index is 349. The highest BCUT2D eigenvalue weighted by Gasteiger charge is 2.35. The average Bonchev–Trinajstić information content (AvgIpc) is 2.26. The molecule has 0 spiro atoms. The van der Waals surface area contributed by atoms with Crippen LogP contribution < -0.4 is 0 Å². The van der Waals surface area contributed by atoms with Gasteiger partial charge in [0.1, 0.15) is 6.54 Å². The predicted octanol–water partition coefficient (Wildman–Crippen LogP) is 2.41. The fourth-order valence-electron chi connectivity index (χ4n) is 2.44.